The number of furan rings is 1. The average Bonchev–Trinajstić information content (AvgIpc) is 3.18. The van der Waals surface area contributed by atoms with E-state index in [1.165, 1.54) is 17.4 Å². The van der Waals surface area contributed by atoms with Crippen molar-refractivity contribution in [3.8, 4) is 0 Å². The van der Waals surface area contributed by atoms with Gasteiger partial charge in [0.05, 0.1) is 26.3 Å². The number of allylic oxidation sites excluding steroid dienone is 1. The molecule has 25 heavy (non-hydrogen) atoms. The summed E-state index contributed by atoms with van der Waals surface area (Å²) in [5.41, 5.74) is 0.635. The Balaban J connectivity index is 2.16. The second-order valence-corrected chi connectivity index (χ2v) is 6.60. The predicted octanol–water partition coefficient (Wildman–Crippen LogP) is 4.44. The number of aromatic nitrogens is 1. The third kappa shape index (κ3) is 3.23. The number of benzene rings is 1. The maximum absolute atomic E-state index is 12.3. The van der Waals surface area contributed by atoms with Crippen LogP contribution in [0.2, 0.25) is 10.0 Å². The fourth-order valence-corrected chi connectivity index (χ4v) is 3.69. The highest BCUT2D eigenvalue weighted by Gasteiger charge is 2.18. The number of carbonyl (C=O) groups is 1. The van der Waals surface area contributed by atoms with Crippen LogP contribution in [-0.4, -0.2) is 15.4 Å². The molecule has 0 fully saturated rings. The SMILES string of the molecule is C=CCn1c(=NC(=O)c2ccc([N+](=O)[O-])o2)sc2ccc(Cl)c(Cl)c21. The summed E-state index contributed by atoms with van der Waals surface area (Å²) in [7, 11) is 0. The summed E-state index contributed by atoms with van der Waals surface area (Å²) in [6.07, 6.45) is 1.63. The van der Waals surface area contributed by atoms with Gasteiger partial charge in [-0.1, -0.05) is 40.6 Å². The van der Waals surface area contributed by atoms with Gasteiger partial charge in [0.1, 0.15) is 4.92 Å². The van der Waals surface area contributed by atoms with Crippen molar-refractivity contribution < 1.29 is 14.1 Å². The zero-order valence-electron chi connectivity index (χ0n) is 12.4. The van der Waals surface area contributed by atoms with Gasteiger partial charge in [0, 0.05) is 6.54 Å². The number of rotatable bonds is 4. The van der Waals surface area contributed by atoms with Gasteiger partial charge in [-0.3, -0.25) is 14.9 Å². The highest BCUT2D eigenvalue weighted by molar-refractivity contribution is 7.16. The Kier molecular flexibility index (Phi) is 4.76. The van der Waals surface area contributed by atoms with Crippen molar-refractivity contribution in [3.05, 3.63) is 67.6 Å². The lowest BCUT2D eigenvalue weighted by molar-refractivity contribution is -0.402. The number of thiazole rings is 1. The van der Waals surface area contributed by atoms with E-state index in [1.807, 2.05) is 0 Å². The molecule has 7 nitrogen and oxygen atoms in total. The minimum Gasteiger partial charge on any atom is -0.395 e. The number of carbonyl (C=O) groups excluding carboxylic acids is 1. The largest absolute Gasteiger partial charge is 0.433 e. The van der Waals surface area contributed by atoms with Crippen molar-refractivity contribution in [1.82, 2.24) is 4.57 Å². The number of nitrogens with zero attached hydrogens (tertiary/aromatic N) is 3. The lowest BCUT2D eigenvalue weighted by atomic mass is 10.3. The zero-order chi connectivity index (χ0) is 18.1. The van der Waals surface area contributed by atoms with Crippen molar-refractivity contribution in [2.24, 2.45) is 4.99 Å². The Morgan fingerprint density at radius 3 is 2.80 bits per heavy atom. The van der Waals surface area contributed by atoms with E-state index >= 15 is 0 Å². The highest BCUT2D eigenvalue weighted by atomic mass is 35.5. The lowest BCUT2D eigenvalue weighted by Crippen LogP contribution is -2.16. The molecule has 128 valence electrons. The Bertz CT molecular complexity index is 1080. The summed E-state index contributed by atoms with van der Waals surface area (Å²) in [6, 6.07) is 5.73. The summed E-state index contributed by atoms with van der Waals surface area (Å²) in [6.45, 7) is 4.03. The highest BCUT2D eigenvalue weighted by Crippen LogP contribution is 2.32. The van der Waals surface area contributed by atoms with Crippen LogP contribution in [0.15, 0.2) is 46.3 Å². The van der Waals surface area contributed by atoms with Crippen molar-refractivity contribution in [1.29, 1.82) is 0 Å². The second-order valence-electron chi connectivity index (χ2n) is 4.80. The molecule has 0 N–H and O–H groups in total. The zero-order valence-corrected chi connectivity index (χ0v) is 14.8. The quantitative estimate of drug-likeness (QED) is 0.369. The molecular weight excluding hydrogens is 389 g/mol. The van der Waals surface area contributed by atoms with E-state index < -0.39 is 16.7 Å². The predicted molar refractivity (Wildman–Crippen MR) is 95.3 cm³/mol. The summed E-state index contributed by atoms with van der Waals surface area (Å²) >= 11 is 13.6. The standard InChI is InChI=1S/C15H9Cl2N3O4S/c1-2-7-19-13-10(5-3-8(16)12(13)17)25-15(19)18-14(21)9-4-6-11(24-9)20(22)23/h2-6H,1,7H2. The molecule has 0 aliphatic heterocycles. The molecule has 1 amide bonds. The molecule has 1 aromatic carbocycles. The Labute approximate surface area is 154 Å². The van der Waals surface area contributed by atoms with Gasteiger partial charge in [0.25, 0.3) is 0 Å². The Morgan fingerprint density at radius 1 is 1.40 bits per heavy atom. The second kappa shape index (κ2) is 6.83. The summed E-state index contributed by atoms with van der Waals surface area (Å²) < 4.78 is 7.36. The molecular formula is C15H9Cl2N3O4S. The molecule has 10 heteroatoms. The van der Waals surface area contributed by atoms with Crippen LogP contribution < -0.4 is 4.80 Å². The van der Waals surface area contributed by atoms with Crippen LogP contribution in [0.4, 0.5) is 5.88 Å². The topological polar surface area (TPSA) is 90.6 Å². The smallest absolute Gasteiger partial charge is 0.395 e. The minimum atomic E-state index is -0.736. The van der Waals surface area contributed by atoms with Crippen LogP contribution in [0.3, 0.4) is 0 Å². The van der Waals surface area contributed by atoms with Crippen LogP contribution in [-0.2, 0) is 6.54 Å². The third-order valence-electron chi connectivity index (χ3n) is 3.23. The van der Waals surface area contributed by atoms with Crippen molar-refractivity contribution >= 4 is 56.5 Å². The maximum Gasteiger partial charge on any atom is 0.433 e. The van der Waals surface area contributed by atoms with E-state index in [-0.39, 0.29) is 5.76 Å². The molecule has 3 aromatic rings. The van der Waals surface area contributed by atoms with E-state index in [0.29, 0.717) is 26.9 Å². The fraction of sp³-hybridized carbons (Fsp3) is 0.0667. The van der Waals surface area contributed by atoms with Crippen LogP contribution in [0.5, 0.6) is 0 Å². The van der Waals surface area contributed by atoms with Crippen LogP contribution in [0, 0.1) is 10.1 Å². The lowest BCUT2D eigenvalue weighted by Gasteiger charge is -2.03. The van der Waals surface area contributed by atoms with E-state index in [1.54, 1.807) is 22.8 Å². The molecule has 0 saturated carbocycles. The summed E-state index contributed by atoms with van der Waals surface area (Å²) in [4.78, 5) is 26.5. The number of nitro groups is 1. The first-order chi connectivity index (χ1) is 11.9. The van der Waals surface area contributed by atoms with Gasteiger partial charge in [-0.15, -0.1) is 6.58 Å². The number of hydrogen-bond acceptors (Lipinski definition) is 5. The number of amides is 1. The molecule has 0 bridgehead atoms. The first kappa shape index (κ1) is 17.4. The molecule has 0 atom stereocenters. The number of fused-ring (bicyclic) bond motifs is 1. The first-order valence-electron chi connectivity index (χ1n) is 6.84. The Hall–Kier alpha value is -2.42. The van der Waals surface area contributed by atoms with Gasteiger partial charge in [0.2, 0.25) is 5.76 Å². The minimum absolute atomic E-state index is 0.224. The molecule has 0 spiro atoms. The molecule has 2 heterocycles. The molecule has 0 aliphatic rings. The van der Waals surface area contributed by atoms with Gasteiger partial charge in [-0.2, -0.15) is 4.99 Å². The van der Waals surface area contributed by atoms with Crippen molar-refractivity contribution in [2.45, 2.75) is 6.54 Å². The number of halogens is 2. The molecule has 0 saturated heterocycles. The Morgan fingerprint density at radius 2 is 2.16 bits per heavy atom. The average molecular weight is 398 g/mol. The van der Waals surface area contributed by atoms with Gasteiger partial charge in [-0.05, 0) is 18.2 Å². The normalized spacial score (nSPS) is 11.8. The third-order valence-corrected chi connectivity index (χ3v) is 5.06. The summed E-state index contributed by atoms with van der Waals surface area (Å²) in [5, 5.41) is 11.4. The van der Waals surface area contributed by atoms with E-state index in [0.717, 1.165) is 10.8 Å². The van der Waals surface area contributed by atoms with E-state index in [4.69, 9.17) is 27.6 Å². The monoisotopic (exact) mass is 397 g/mol. The van der Waals surface area contributed by atoms with Gasteiger partial charge < -0.3 is 8.98 Å². The molecule has 0 radical (unpaired) electrons. The molecule has 3 rings (SSSR count). The fourth-order valence-electron chi connectivity index (χ4n) is 2.17. The molecule has 0 unspecified atom stereocenters. The van der Waals surface area contributed by atoms with E-state index in [2.05, 4.69) is 11.6 Å². The summed E-state index contributed by atoms with van der Waals surface area (Å²) in [5.74, 6) is -1.48. The van der Waals surface area contributed by atoms with Crippen LogP contribution >= 0.6 is 34.5 Å². The molecule has 0 aliphatic carbocycles. The van der Waals surface area contributed by atoms with Crippen molar-refractivity contribution in [3.63, 3.8) is 0 Å². The number of hydrogen-bond donors (Lipinski definition) is 0. The first-order valence-corrected chi connectivity index (χ1v) is 8.41. The van der Waals surface area contributed by atoms with Crippen LogP contribution in [0.1, 0.15) is 10.6 Å². The van der Waals surface area contributed by atoms with Crippen molar-refractivity contribution in [2.75, 3.05) is 0 Å². The van der Waals surface area contributed by atoms with Crippen LogP contribution in [0.25, 0.3) is 10.2 Å². The van der Waals surface area contributed by atoms with Gasteiger partial charge in [0.15, 0.2) is 4.80 Å². The maximum atomic E-state index is 12.3. The van der Waals surface area contributed by atoms with Gasteiger partial charge >= 0.3 is 11.8 Å². The molecule has 2 aromatic heterocycles. The van der Waals surface area contributed by atoms with E-state index in [9.17, 15) is 14.9 Å². The van der Waals surface area contributed by atoms with Gasteiger partial charge in [-0.25, -0.2) is 0 Å².